The molecule has 0 unspecified atom stereocenters. The van der Waals surface area contributed by atoms with E-state index in [1.807, 2.05) is 56.6 Å². The van der Waals surface area contributed by atoms with Crippen molar-refractivity contribution in [1.82, 2.24) is 9.78 Å². The molecule has 5 heteroatoms. The van der Waals surface area contributed by atoms with E-state index in [0.29, 0.717) is 12.2 Å². The van der Waals surface area contributed by atoms with Crippen molar-refractivity contribution in [2.75, 3.05) is 5.32 Å². The predicted octanol–water partition coefficient (Wildman–Crippen LogP) is 5.02. The quantitative estimate of drug-likeness (QED) is 0.485. The van der Waals surface area contributed by atoms with E-state index in [1.165, 1.54) is 5.56 Å². The van der Waals surface area contributed by atoms with Gasteiger partial charge in [-0.15, -0.1) is 0 Å². The van der Waals surface area contributed by atoms with Gasteiger partial charge in [0.25, 0.3) is 5.91 Å². The molecule has 0 aliphatic heterocycles. The molecule has 30 heavy (non-hydrogen) atoms. The molecule has 3 rings (SSSR count). The zero-order valence-corrected chi connectivity index (χ0v) is 18.1. The number of amides is 1. The van der Waals surface area contributed by atoms with E-state index in [0.717, 1.165) is 33.6 Å². The van der Waals surface area contributed by atoms with Gasteiger partial charge in [-0.05, 0) is 57.9 Å². The highest BCUT2D eigenvalue weighted by Gasteiger charge is 2.15. The Morgan fingerprint density at radius 1 is 1.07 bits per heavy atom. The first kappa shape index (κ1) is 21.1. The molecule has 2 aromatic carbocycles. The summed E-state index contributed by atoms with van der Waals surface area (Å²) in [4.78, 5) is 12.7. The second-order valence-electron chi connectivity index (χ2n) is 7.67. The van der Waals surface area contributed by atoms with Crippen molar-refractivity contribution in [3.63, 3.8) is 0 Å². The van der Waals surface area contributed by atoms with Crippen LogP contribution in [0.5, 0.6) is 0 Å². The molecule has 0 radical (unpaired) electrons. The zero-order chi connectivity index (χ0) is 21.8. The lowest BCUT2D eigenvalue weighted by Crippen LogP contribution is -2.14. The largest absolute Gasteiger partial charge is 0.321 e. The van der Waals surface area contributed by atoms with Crippen molar-refractivity contribution in [3.8, 4) is 6.07 Å². The molecule has 0 saturated carbocycles. The van der Waals surface area contributed by atoms with E-state index in [9.17, 15) is 10.1 Å². The summed E-state index contributed by atoms with van der Waals surface area (Å²) in [6.45, 7) is 10.5. The van der Waals surface area contributed by atoms with Crippen LogP contribution < -0.4 is 5.32 Å². The highest BCUT2D eigenvalue weighted by atomic mass is 16.1. The molecule has 0 aliphatic rings. The van der Waals surface area contributed by atoms with E-state index < -0.39 is 5.91 Å². The molecule has 0 fully saturated rings. The minimum absolute atomic E-state index is 0.0519. The summed E-state index contributed by atoms with van der Waals surface area (Å²) >= 11 is 0. The van der Waals surface area contributed by atoms with Crippen LogP contribution in [0.1, 0.15) is 39.2 Å². The molecular formula is C25H26N4O. The Hall–Kier alpha value is -3.65. The first-order valence-electron chi connectivity index (χ1n) is 9.88. The Morgan fingerprint density at radius 2 is 1.73 bits per heavy atom. The maximum atomic E-state index is 12.7. The molecule has 3 aromatic rings. The van der Waals surface area contributed by atoms with Gasteiger partial charge in [0.1, 0.15) is 11.6 Å². The third-order valence-corrected chi connectivity index (χ3v) is 5.17. The summed E-state index contributed by atoms with van der Waals surface area (Å²) in [5.74, 6) is -0.422. The van der Waals surface area contributed by atoms with Gasteiger partial charge in [0.2, 0.25) is 0 Å². The van der Waals surface area contributed by atoms with Crippen LogP contribution in [0.3, 0.4) is 0 Å². The summed E-state index contributed by atoms with van der Waals surface area (Å²) in [7, 11) is 0. The van der Waals surface area contributed by atoms with Gasteiger partial charge < -0.3 is 5.32 Å². The number of benzene rings is 2. The minimum Gasteiger partial charge on any atom is -0.321 e. The Balaban J connectivity index is 1.86. The lowest BCUT2D eigenvalue weighted by Gasteiger charge is -2.09. The summed E-state index contributed by atoms with van der Waals surface area (Å²) in [5, 5.41) is 17.0. The average Bonchev–Trinajstić information content (AvgIpc) is 2.96. The fourth-order valence-electron chi connectivity index (χ4n) is 3.38. The van der Waals surface area contributed by atoms with Gasteiger partial charge >= 0.3 is 0 Å². The lowest BCUT2D eigenvalue weighted by molar-refractivity contribution is -0.112. The second-order valence-corrected chi connectivity index (χ2v) is 7.67. The predicted molar refractivity (Wildman–Crippen MR) is 120 cm³/mol. The molecule has 5 nitrogen and oxygen atoms in total. The van der Waals surface area contributed by atoms with Crippen LogP contribution in [-0.2, 0) is 11.3 Å². The number of aryl methyl sites for hydroxylation is 4. The number of nitrogens with one attached hydrogen (secondary N) is 1. The van der Waals surface area contributed by atoms with E-state index in [1.54, 1.807) is 6.08 Å². The number of carbonyl (C=O) groups is 1. The van der Waals surface area contributed by atoms with Crippen LogP contribution >= 0.6 is 0 Å². The molecule has 0 saturated heterocycles. The number of carbonyl (C=O) groups excluding carboxylic acids is 1. The van der Waals surface area contributed by atoms with Gasteiger partial charge in [-0.2, -0.15) is 10.4 Å². The van der Waals surface area contributed by atoms with Crippen LogP contribution in [0, 0.1) is 45.9 Å². The van der Waals surface area contributed by atoms with Crippen molar-refractivity contribution in [1.29, 1.82) is 5.26 Å². The number of aromatic nitrogens is 2. The molecule has 1 heterocycles. The lowest BCUT2D eigenvalue weighted by atomic mass is 10.1. The molecule has 152 valence electrons. The highest BCUT2D eigenvalue weighted by molar-refractivity contribution is 6.10. The first-order valence-corrected chi connectivity index (χ1v) is 9.88. The number of nitrogens with zero attached hydrogens (tertiary/aromatic N) is 3. The van der Waals surface area contributed by atoms with E-state index >= 15 is 0 Å². The van der Waals surface area contributed by atoms with Crippen molar-refractivity contribution in [3.05, 3.63) is 87.2 Å². The first-order chi connectivity index (χ1) is 14.3. The molecule has 0 bridgehead atoms. The summed E-state index contributed by atoms with van der Waals surface area (Å²) in [6.07, 6.45) is 1.63. The van der Waals surface area contributed by atoms with Crippen LogP contribution in [-0.4, -0.2) is 15.7 Å². The smallest absolute Gasteiger partial charge is 0.266 e. The summed E-state index contributed by atoms with van der Waals surface area (Å²) in [5.41, 5.74) is 7.69. The van der Waals surface area contributed by atoms with Crippen molar-refractivity contribution >= 4 is 17.7 Å². The second kappa shape index (κ2) is 8.79. The molecule has 0 spiro atoms. The monoisotopic (exact) mass is 398 g/mol. The highest BCUT2D eigenvalue weighted by Crippen LogP contribution is 2.21. The van der Waals surface area contributed by atoms with Crippen molar-refractivity contribution in [2.45, 2.75) is 41.2 Å². The SMILES string of the molecule is Cc1ccc(Cn2nc(C)c(/C=C(\C#N)C(=O)Nc3ccc(C)cc3C)c2C)cc1. The van der Waals surface area contributed by atoms with Gasteiger partial charge in [0, 0.05) is 16.9 Å². The van der Waals surface area contributed by atoms with Gasteiger partial charge in [-0.25, -0.2) is 0 Å². The van der Waals surface area contributed by atoms with Crippen LogP contribution in [0.2, 0.25) is 0 Å². The van der Waals surface area contributed by atoms with Gasteiger partial charge in [-0.3, -0.25) is 9.48 Å². The van der Waals surface area contributed by atoms with Gasteiger partial charge in [0.15, 0.2) is 0 Å². The Bertz CT molecular complexity index is 1160. The molecule has 0 aliphatic carbocycles. The Kier molecular flexibility index (Phi) is 6.17. The fraction of sp³-hybridized carbons (Fsp3) is 0.240. The summed E-state index contributed by atoms with van der Waals surface area (Å²) < 4.78 is 1.91. The molecule has 0 atom stereocenters. The third kappa shape index (κ3) is 4.66. The number of hydrogen-bond acceptors (Lipinski definition) is 3. The molecule has 1 aromatic heterocycles. The van der Waals surface area contributed by atoms with Crippen LogP contribution in [0.25, 0.3) is 6.08 Å². The maximum absolute atomic E-state index is 12.7. The van der Waals surface area contributed by atoms with E-state index in [-0.39, 0.29) is 5.57 Å². The molecule has 1 N–H and O–H groups in total. The van der Waals surface area contributed by atoms with E-state index in [4.69, 9.17) is 0 Å². The minimum atomic E-state index is -0.422. The zero-order valence-electron chi connectivity index (χ0n) is 18.1. The number of nitriles is 1. The average molecular weight is 399 g/mol. The normalized spacial score (nSPS) is 11.3. The standard InChI is InChI=1S/C25H26N4O/c1-16-6-9-21(10-7-16)15-29-20(5)23(19(4)28-29)13-22(14-26)25(30)27-24-11-8-17(2)12-18(24)3/h6-13H,15H2,1-5H3,(H,27,30)/b22-13+. The fourth-order valence-corrected chi connectivity index (χ4v) is 3.38. The van der Waals surface area contributed by atoms with Crippen molar-refractivity contribution < 1.29 is 4.79 Å². The number of hydrogen-bond donors (Lipinski definition) is 1. The van der Waals surface area contributed by atoms with Crippen molar-refractivity contribution in [2.24, 2.45) is 0 Å². The van der Waals surface area contributed by atoms with E-state index in [2.05, 4.69) is 41.6 Å². The Morgan fingerprint density at radius 3 is 2.37 bits per heavy atom. The maximum Gasteiger partial charge on any atom is 0.266 e. The number of anilines is 1. The van der Waals surface area contributed by atoms with Crippen LogP contribution in [0.4, 0.5) is 5.69 Å². The molecular weight excluding hydrogens is 372 g/mol. The summed E-state index contributed by atoms with van der Waals surface area (Å²) in [6, 6.07) is 16.1. The number of rotatable bonds is 5. The topological polar surface area (TPSA) is 70.7 Å². The Labute approximate surface area is 177 Å². The van der Waals surface area contributed by atoms with Gasteiger partial charge in [-0.1, -0.05) is 47.5 Å². The van der Waals surface area contributed by atoms with Gasteiger partial charge in [0.05, 0.1) is 12.2 Å². The molecule has 1 amide bonds. The van der Waals surface area contributed by atoms with Crippen LogP contribution in [0.15, 0.2) is 48.0 Å². The third-order valence-electron chi connectivity index (χ3n) is 5.17.